The molecule has 4 aromatic rings. The molecule has 0 radical (unpaired) electrons. The summed E-state index contributed by atoms with van der Waals surface area (Å²) in [6.45, 7) is 2.77. The van der Waals surface area contributed by atoms with Crippen molar-refractivity contribution in [1.29, 1.82) is 0 Å². The fourth-order valence-electron chi connectivity index (χ4n) is 5.11. The SMILES string of the molecule is CC[N+](CCS(=O)(=O)O)(c1cccc(NC(C)=O)c1)c1nc(Cl)nc(Nc2cc(N)c(SOOO)cc2N=Nc2ccc(S(=O)(=O)CCS(=O)(=O)OO)cc2SOOO)n1. The summed E-state index contributed by atoms with van der Waals surface area (Å²) in [6, 6.07) is 12.2. The molecule has 0 saturated heterocycles. The van der Waals surface area contributed by atoms with Crippen molar-refractivity contribution < 1.29 is 73.5 Å². The van der Waals surface area contributed by atoms with Gasteiger partial charge >= 0.3 is 5.95 Å². The molecule has 1 unspecified atom stereocenters. The smallest absolute Gasteiger partial charge is 0.340 e. The molecular weight excluding hydrogens is 926 g/mol. The fraction of sp³-hybridized carbons (Fsp3) is 0.241. The predicted molar refractivity (Wildman–Crippen MR) is 214 cm³/mol. The molecule has 3 aromatic carbocycles. The Morgan fingerprint density at radius 3 is 2.20 bits per heavy atom. The number of nitrogens with two attached hydrogens (primary N) is 1. The first-order valence-electron chi connectivity index (χ1n) is 16.2. The lowest BCUT2D eigenvalue weighted by Crippen LogP contribution is -2.48. The maximum absolute atomic E-state index is 12.9. The van der Waals surface area contributed by atoms with Crippen LogP contribution >= 0.6 is 35.7 Å². The van der Waals surface area contributed by atoms with Crippen LogP contribution in [0, 0.1) is 0 Å². The lowest BCUT2D eigenvalue weighted by Gasteiger charge is -2.34. The Bertz CT molecular complexity index is 2560. The second-order valence-corrected chi connectivity index (χ2v) is 18.9. The molecule has 1 aromatic heterocycles. The number of nitrogen functional groups attached to an aromatic ring is 1. The topological polar surface area (TPSA) is 360 Å². The highest BCUT2D eigenvalue weighted by atomic mass is 35.5. The maximum Gasteiger partial charge on any atom is 0.340 e. The molecule has 0 saturated carbocycles. The summed E-state index contributed by atoms with van der Waals surface area (Å²) in [7, 11) is -13.4. The fourth-order valence-corrected chi connectivity index (χ4v) is 9.36. The van der Waals surface area contributed by atoms with Gasteiger partial charge in [-0.15, -0.1) is 33.2 Å². The van der Waals surface area contributed by atoms with E-state index < -0.39 is 56.7 Å². The molecule has 1 heterocycles. The van der Waals surface area contributed by atoms with Crippen molar-refractivity contribution in [2.45, 2.75) is 28.5 Å². The van der Waals surface area contributed by atoms with Gasteiger partial charge in [0.05, 0.1) is 62.5 Å². The van der Waals surface area contributed by atoms with E-state index in [0.717, 1.165) is 18.2 Å². The van der Waals surface area contributed by atoms with Gasteiger partial charge in [0.1, 0.15) is 29.4 Å². The zero-order chi connectivity index (χ0) is 44.3. The summed E-state index contributed by atoms with van der Waals surface area (Å²) in [5.74, 6) is -3.57. The van der Waals surface area contributed by atoms with Crippen molar-refractivity contribution in [3.63, 3.8) is 0 Å². The largest absolute Gasteiger partial charge is 0.398 e. The Morgan fingerprint density at radius 2 is 1.57 bits per heavy atom. The number of quaternary nitrogens is 1. The molecule has 0 aliphatic rings. The van der Waals surface area contributed by atoms with Crippen LogP contribution in [-0.4, -0.2) is 96.8 Å². The van der Waals surface area contributed by atoms with Gasteiger partial charge in [-0.2, -0.15) is 21.8 Å². The molecule has 8 N–H and O–H groups in total. The number of aromatic nitrogens is 3. The minimum atomic E-state index is -4.56. The number of sulfone groups is 1. The molecule has 1 atom stereocenters. The normalized spacial score (nSPS) is 13.3. The standard InChI is InChI=1S/C29H32ClN9O16S5/c1-3-39(9-10-59(46,47)48,19-6-4-5-18(13-19)32-17(2)40)29-35-27(30)34-28(36-29)33-23-15-21(31)25(56-54-51-41)16-24(23)38-37-22-8-7-20(14-26(22)57-55-52-42)58(44,45)11-12-60(49,50)53-43/h4-8,13-16H,3,9-12H2,1-2H3,(H7-,31,32,33,34,35,36,37,40,41,42,43,46,47,48)/p+1. The Hall–Kier alpha value is -4.22. The molecule has 1 amide bonds. The number of carbonyl (C=O) groups is 1. The molecule has 0 aliphatic heterocycles. The second kappa shape index (κ2) is 21.0. The third-order valence-corrected chi connectivity index (χ3v) is 12.9. The predicted octanol–water partition coefficient (Wildman–Crippen LogP) is 5.22. The summed E-state index contributed by atoms with van der Waals surface area (Å²) in [4.78, 5) is 24.4. The van der Waals surface area contributed by atoms with E-state index in [1.165, 1.54) is 19.1 Å². The average Bonchev–Trinajstić information content (AvgIpc) is 3.18. The lowest BCUT2D eigenvalue weighted by atomic mass is 10.2. The Kier molecular flexibility index (Phi) is 17.0. The van der Waals surface area contributed by atoms with Crippen molar-refractivity contribution in [3.05, 3.63) is 59.9 Å². The molecule has 0 spiro atoms. The number of carbonyl (C=O) groups excluding carboxylic acids is 1. The van der Waals surface area contributed by atoms with Gasteiger partial charge in [-0.3, -0.25) is 9.35 Å². The van der Waals surface area contributed by atoms with E-state index in [9.17, 15) is 34.6 Å². The molecule has 326 valence electrons. The van der Waals surface area contributed by atoms with E-state index in [2.05, 4.69) is 58.9 Å². The van der Waals surface area contributed by atoms with Crippen LogP contribution in [0.15, 0.2) is 79.5 Å². The number of amides is 1. The monoisotopic (exact) mass is 958 g/mol. The number of benzene rings is 3. The van der Waals surface area contributed by atoms with Crippen LogP contribution in [0.25, 0.3) is 0 Å². The van der Waals surface area contributed by atoms with Gasteiger partial charge in [0, 0.05) is 24.4 Å². The number of nitrogens with zero attached hydrogens (tertiary/aromatic N) is 6. The molecule has 60 heavy (non-hydrogen) atoms. The first-order valence-corrected chi connectivity index (χ1v) is 22.9. The molecule has 0 fully saturated rings. The average molecular weight is 959 g/mol. The van der Waals surface area contributed by atoms with Crippen molar-refractivity contribution in [1.82, 2.24) is 19.4 Å². The molecule has 0 bridgehead atoms. The minimum Gasteiger partial charge on any atom is -0.398 e. The third kappa shape index (κ3) is 13.4. The number of azo groups is 1. The van der Waals surface area contributed by atoms with Crippen molar-refractivity contribution in [3.8, 4) is 0 Å². The van der Waals surface area contributed by atoms with Crippen molar-refractivity contribution in [2.75, 3.05) is 46.7 Å². The number of halogens is 1. The number of rotatable bonds is 22. The lowest BCUT2D eigenvalue weighted by molar-refractivity contribution is -0.432. The van der Waals surface area contributed by atoms with Crippen LogP contribution in [0.1, 0.15) is 13.8 Å². The molecule has 25 nitrogen and oxygen atoms in total. The number of hydrogen-bond acceptors (Lipinski definition) is 24. The highest BCUT2D eigenvalue weighted by Gasteiger charge is 2.38. The van der Waals surface area contributed by atoms with Crippen LogP contribution in [0.4, 0.5) is 46.0 Å². The van der Waals surface area contributed by atoms with E-state index in [0.29, 0.717) is 23.4 Å². The van der Waals surface area contributed by atoms with Gasteiger partial charge in [-0.25, -0.2) is 28.7 Å². The second-order valence-electron chi connectivity index (χ2n) is 11.7. The third-order valence-electron chi connectivity index (χ3n) is 7.87. The first-order chi connectivity index (χ1) is 28.2. The Labute approximate surface area is 354 Å². The van der Waals surface area contributed by atoms with Crippen LogP contribution < -0.4 is 20.9 Å². The van der Waals surface area contributed by atoms with Gasteiger partial charge in [-0.1, -0.05) is 16.1 Å². The van der Waals surface area contributed by atoms with Crippen LogP contribution in [0.3, 0.4) is 0 Å². The first kappa shape index (κ1) is 48.4. The molecular formula is C29H33ClN9O16S5+. The number of nitrogens with one attached hydrogen (secondary N) is 2. The summed E-state index contributed by atoms with van der Waals surface area (Å²) < 4.78 is 94.5. The van der Waals surface area contributed by atoms with E-state index in [1.54, 1.807) is 31.2 Å². The van der Waals surface area contributed by atoms with Gasteiger partial charge in [0.25, 0.3) is 20.2 Å². The van der Waals surface area contributed by atoms with Gasteiger partial charge in [0.2, 0.25) is 17.1 Å². The van der Waals surface area contributed by atoms with Gasteiger partial charge in [-0.05, 0) is 61.0 Å². The Morgan fingerprint density at radius 1 is 0.883 bits per heavy atom. The summed E-state index contributed by atoms with van der Waals surface area (Å²) >= 11 is 7.15. The zero-order valence-electron chi connectivity index (χ0n) is 30.6. The summed E-state index contributed by atoms with van der Waals surface area (Å²) in [6.07, 6.45) is 0. The van der Waals surface area contributed by atoms with Gasteiger partial charge in [0.15, 0.2) is 9.84 Å². The van der Waals surface area contributed by atoms with E-state index in [4.69, 9.17) is 33.1 Å². The van der Waals surface area contributed by atoms with Crippen LogP contribution in [0.5, 0.6) is 0 Å². The van der Waals surface area contributed by atoms with E-state index in [1.807, 2.05) is 0 Å². The highest BCUT2D eigenvalue weighted by Crippen LogP contribution is 2.41. The number of hydrogen-bond donors (Lipinski definition) is 7. The Balaban J connectivity index is 1.83. The maximum atomic E-state index is 12.9. The molecule has 4 rings (SSSR count). The minimum absolute atomic E-state index is 0.00779. The summed E-state index contributed by atoms with van der Waals surface area (Å²) in [5.41, 5.74) is 6.83. The quantitative estimate of drug-likeness (QED) is 0.0101. The molecule has 31 heteroatoms. The van der Waals surface area contributed by atoms with E-state index >= 15 is 0 Å². The van der Waals surface area contributed by atoms with E-state index in [-0.39, 0.29) is 80.8 Å². The number of anilines is 4. The van der Waals surface area contributed by atoms with Crippen LogP contribution in [-0.2, 0) is 57.9 Å². The highest BCUT2D eigenvalue weighted by molar-refractivity contribution is 7.95. The van der Waals surface area contributed by atoms with Crippen LogP contribution in [0.2, 0.25) is 5.28 Å². The molecule has 0 aliphatic carbocycles. The zero-order valence-corrected chi connectivity index (χ0v) is 35.4. The van der Waals surface area contributed by atoms with Gasteiger partial charge < -0.3 is 16.4 Å². The van der Waals surface area contributed by atoms with Crippen molar-refractivity contribution in [2.24, 2.45) is 10.2 Å². The summed E-state index contributed by atoms with van der Waals surface area (Å²) in [5, 5.41) is 46.9. The van der Waals surface area contributed by atoms with Crippen molar-refractivity contribution >= 4 is 118 Å².